The lowest BCUT2D eigenvalue weighted by Gasteiger charge is -2.05. The maximum atomic E-state index is 12.2. The Bertz CT molecular complexity index is 655. The minimum atomic E-state index is -1.38. The van der Waals surface area contributed by atoms with Gasteiger partial charge in [0.15, 0.2) is 5.78 Å². The van der Waals surface area contributed by atoms with Crippen molar-refractivity contribution in [2.75, 3.05) is 12.9 Å². The van der Waals surface area contributed by atoms with Crippen molar-refractivity contribution in [3.8, 4) is 5.75 Å². The van der Waals surface area contributed by atoms with E-state index in [-0.39, 0.29) is 11.5 Å². The molecule has 0 bridgehead atoms. The van der Waals surface area contributed by atoms with Gasteiger partial charge in [-0.05, 0) is 24.3 Å². The van der Waals surface area contributed by atoms with Crippen LogP contribution in [-0.4, -0.2) is 22.9 Å². The monoisotopic (exact) mass is 352 g/mol. The van der Waals surface area contributed by atoms with Crippen molar-refractivity contribution < 1.29 is 13.7 Å². The molecule has 0 radical (unpaired) electrons. The van der Waals surface area contributed by atoms with E-state index in [1.165, 1.54) is 0 Å². The summed E-state index contributed by atoms with van der Waals surface area (Å²) in [5, 5.41) is 0. The average Bonchev–Trinajstić information content (AvgIpc) is 2.47. The van der Waals surface area contributed by atoms with E-state index in [1.807, 2.05) is 6.07 Å². The van der Waals surface area contributed by atoms with Crippen LogP contribution in [-0.2, 0) is 10.8 Å². The Morgan fingerprint density at radius 1 is 1.20 bits per heavy atom. The number of ether oxygens (including phenoxy) is 1. The fourth-order valence-electron chi connectivity index (χ4n) is 1.71. The van der Waals surface area contributed by atoms with Crippen molar-refractivity contribution >= 4 is 32.5 Å². The molecule has 0 aliphatic heterocycles. The maximum Gasteiger partial charge on any atom is 0.176 e. The number of carbonyl (C=O) groups excluding carboxylic acids is 1. The number of methoxy groups -OCH3 is 1. The summed E-state index contributed by atoms with van der Waals surface area (Å²) in [7, 11) is 0.165. The van der Waals surface area contributed by atoms with Crippen LogP contribution in [0.2, 0.25) is 0 Å². The molecule has 20 heavy (non-hydrogen) atoms. The lowest BCUT2D eigenvalue weighted by atomic mass is 10.1. The van der Waals surface area contributed by atoms with Crippen LogP contribution in [0.25, 0.3) is 0 Å². The van der Waals surface area contributed by atoms with E-state index < -0.39 is 10.8 Å². The van der Waals surface area contributed by atoms with Gasteiger partial charge in [0.05, 0.1) is 23.7 Å². The highest BCUT2D eigenvalue weighted by atomic mass is 79.9. The molecule has 104 valence electrons. The molecule has 0 saturated carbocycles. The Morgan fingerprint density at radius 3 is 2.65 bits per heavy atom. The first-order chi connectivity index (χ1) is 9.61. The van der Waals surface area contributed by atoms with E-state index in [0.29, 0.717) is 20.7 Å². The molecule has 0 saturated heterocycles. The number of ketones is 1. The molecule has 0 fully saturated rings. The van der Waals surface area contributed by atoms with E-state index in [9.17, 15) is 9.00 Å². The van der Waals surface area contributed by atoms with E-state index in [0.717, 1.165) is 0 Å². The average molecular weight is 353 g/mol. The molecule has 2 aromatic carbocycles. The van der Waals surface area contributed by atoms with Gasteiger partial charge in [-0.15, -0.1) is 0 Å². The van der Waals surface area contributed by atoms with Crippen molar-refractivity contribution in [3.63, 3.8) is 0 Å². The fourth-order valence-corrected chi connectivity index (χ4v) is 3.25. The molecule has 0 aliphatic carbocycles. The van der Waals surface area contributed by atoms with Crippen LogP contribution in [0.4, 0.5) is 0 Å². The van der Waals surface area contributed by atoms with Crippen LogP contribution < -0.4 is 4.74 Å². The Morgan fingerprint density at radius 2 is 1.95 bits per heavy atom. The normalized spacial score (nSPS) is 11.9. The van der Waals surface area contributed by atoms with Crippen LogP contribution in [0.1, 0.15) is 10.4 Å². The predicted molar refractivity (Wildman–Crippen MR) is 82.7 cm³/mol. The highest BCUT2D eigenvalue weighted by molar-refractivity contribution is 9.10. The topological polar surface area (TPSA) is 43.4 Å². The van der Waals surface area contributed by atoms with Gasteiger partial charge in [-0.1, -0.05) is 40.2 Å². The molecular weight excluding hydrogens is 340 g/mol. The van der Waals surface area contributed by atoms with Gasteiger partial charge in [0.1, 0.15) is 5.75 Å². The van der Waals surface area contributed by atoms with E-state index in [1.54, 1.807) is 49.6 Å². The third kappa shape index (κ3) is 3.55. The number of hydrogen-bond acceptors (Lipinski definition) is 3. The summed E-state index contributed by atoms with van der Waals surface area (Å²) >= 11 is 3.33. The number of benzene rings is 2. The van der Waals surface area contributed by atoms with Gasteiger partial charge in [0.2, 0.25) is 0 Å². The Balaban J connectivity index is 2.15. The molecule has 3 nitrogen and oxygen atoms in total. The standard InChI is InChI=1S/C15H13BrO3S/c1-19-11-5-4-6-12(9-11)20(18)10-15(17)13-7-2-3-8-14(13)16/h2-9H,10H2,1H3. The molecule has 1 unspecified atom stereocenters. The second-order valence-electron chi connectivity index (χ2n) is 4.07. The van der Waals surface area contributed by atoms with E-state index >= 15 is 0 Å². The van der Waals surface area contributed by atoms with Gasteiger partial charge >= 0.3 is 0 Å². The van der Waals surface area contributed by atoms with Gasteiger partial charge in [-0.25, -0.2) is 0 Å². The van der Waals surface area contributed by atoms with Crippen molar-refractivity contribution in [1.82, 2.24) is 0 Å². The maximum absolute atomic E-state index is 12.2. The summed E-state index contributed by atoms with van der Waals surface area (Å²) in [5.41, 5.74) is 0.545. The van der Waals surface area contributed by atoms with Crippen LogP contribution in [0, 0.1) is 0 Å². The predicted octanol–water partition coefficient (Wildman–Crippen LogP) is 3.45. The second kappa shape index (κ2) is 6.81. The zero-order valence-corrected chi connectivity index (χ0v) is 13.2. The molecule has 0 aliphatic rings. The largest absolute Gasteiger partial charge is 0.497 e. The smallest absolute Gasteiger partial charge is 0.176 e. The van der Waals surface area contributed by atoms with Gasteiger partial charge in [0.25, 0.3) is 0 Å². The molecule has 1 atom stereocenters. The number of carbonyl (C=O) groups is 1. The molecule has 0 amide bonds. The molecule has 0 N–H and O–H groups in total. The third-order valence-electron chi connectivity index (χ3n) is 2.74. The lowest BCUT2D eigenvalue weighted by molar-refractivity contribution is 0.102. The first-order valence-corrected chi connectivity index (χ1v) is 8.03. The zero-order chi connectivity index (χ0) is 14.5. The van der Waals surface area contributed by atoms with Gasteiger partial charge in [0, 0.05) is 14.9 Å². The second-order valence-corrected chi connectivity index (χ2v) is 6.38. The summed E-state index contributed by atoms with van der Waals surface area (Å²) in [6.07, 6.45) is 0. The molecule has 2 aromatic rings. The number of hydrogen-bond donors (Lipinski definition) is 0. The SMILES string of the molecule is COc1cccc(S(=O)CC(=O)c2ccccc2Br)c1. The van der Waals surface area contributed by atoms with Crippen molar-refractivity contribution in [1.29, 1.82) is 0 Å². The molecule has 5 heteroatoms. The summed E-state index contributed by atoms with van der Waals surface area (Å²) in [5.74, 6) is 0.429. The minimum absolute atomic E-state index is 0.0459. The highest BCUT2D eigenvalue weighted by Gasteiger charge is 2.14. The summed E-state index contributed by atoms with van der Waals surface area (Å²) < 4.78 is 18.0. The zero-order valence-electron chi connectivity index (χ0n) is 10.8. The van der Waals surface area contributed by atoms with Crippen molar-refractivity contribution in [2.45, 2.75) is 4.90 Å². The van der Waals surface area contributed by atoms with E-state index in [4.69, 9.17) is 4.74 Å². The van der Waals surface area contributed by atoms with Crippen LogP contribution in [0.15, 0.2) is 57.9 Å². The molecular formula is C15H13BrO3S. The molecule has 0 aromatic heterocycles. The molecule has 0 spiro atoms. The van der Waals surface area contributed by atoms with Crippen LogP contribution in [0.5, 0.6) is 5.75 Å². The van der Waals surface area contributed by atoms with Crippen LogP contribution >= 0.6 is 15.9 Å². The minimum Gasteiger partial charge on any atom is -0.497 e. The number of Topliss-reactive ketones (excluding diaryl/α,β-unsaturated/α-hetero) is 1. The lowest BCUT2D eigenvalue weighted by Crippen LogP contribution is -2.11. The number of rotatable bonds is 5. The number of halogens is 1. The Labute approximate surface area is 128 Å². The van der Waals surface area contributed by atoms with Gasteiger partial charge in [-0.3, -0.25) is 9.00 Å². The Hall–Kier alpha value is -1.46. The van der Waals surface area contributed by atoms with Crippen LogP contribution in [0.3, 0.4) is 0 Å². The van der Waals surface area contributed by atoms with Crippen molar-refractivity contribution in [3.05, 3.63) is 58.6 Å². The van der Waals surface area contributed by atoms with E-state index in [2.05, 4.69) is 15.9 Å². The Kier molecular flexibility index (Phi) is 5.09. The van der Waals surface area contributed by atoms with Gasteiger partial charge in [-0.2, -0.15) is 0 Å². The first kappa shape index (κ1) is 14.9. The summed E-state index contributed by atoms with van der Waals surface area (Å²) in [6, 6.07) is 14.1. The molecule has 0 heterocycles. The highest BCUT2D eigenvalue weighted by Crippen LogP contribution is 2.19. The quantitative estimate of drug-likeness (QED) is 0.774. The fraction of sp³-hybridized carbons (Fsp3) is 0.133. The summed E-state index contributed by atoms with van der Waals surface area (Å²) in [4.78, 5) is 12.7. The third-order valence-corrected chi connectivity index (χ3v) is 4.74. The van der Waals surface area contributed by atoms with Crippen molar-refractivity contribution in [2.24, 2.45) is 0 Å². The van der Waals surface area contributed by atoms with Gasteiger partial charge < -0.3 is 4.74 Å². The molecule has 2 rings (SSSR count). The first-order valence-electron chi connectivity index (χ1n) is 5.92. The summed E-state index contributed by atoms with van der Waals surface area (Å²) in [6.45, 7) is 0.